The highest BCUT2D eigenvalue weighted by Gasteiger charge is 2.24. The van der Waals surface area contributed by atoms with E-state index in [2.05, 4.69) is 4.90 Å². The Morgan fingerprint density at radius 3 is 2.50 bits per heavy atom. The summed E-state index contributed by atoms with van der Waals surface area (Å²) in [4.78, 5) is 2.15. The fourth-order valence-electron chi connectivity index (χ4n) is 2.66. The third-order valence-corrected chi connectivity index (χ3v) is 3.90. The lowest BCUT2D eigenvalue weighted by Crippen LogP contribution is -2.43. The average Bonchev–Trinajstić information content (AvgIpc) is 2.49. The van der Waals surface area contributed by atoms with Crippen LogP contribution in [0, 0.1) is 11.6 Å². The molecule has 1 saturated heterocycles. The lowest BCUT2D eigenvalue weighted by atomic mass is 10.1. The number of hydrogen-bond acceptors (Lipinski definition) is 4. The maximum absolute atomic E-state index is 13.6. The minimum atomic E-state index is -0.674. The van der Waals surface area contributed by atoms with Crippen LogP contribution in [0.15, 0.2) is 18.2 Å². The van der Waals surface area contributed by atoms with Crippen molar-refractivity contribution in [3.8, 4) is 5.75 Å². The maximum Gasteiger partial charge on any atom is 0.167 e. The fraction of sp³-hybridized carbons (Fsp3) is 0.667. The number of nitrogens with zero attached hydrogens (tertiary/aromatic N) is 1. The minimum absolute atomic E-state index is 0.0912. The summed E-state index contributed by atoms with van der Waals surface area (Å²) in [6.07, 6.45) is 0.855. The molecule has 1 aromatic carbocycles. The Balaban J connectivity index is 1.73. The Morgan fingerprint density at radius 1 is 1.25 bits per heavy atom. The maximum atomic E-state index is 13.6. The highest BCUT2D eigenvalue weighted by atomic mass is 19.1. The van der Waals surface area contributed by atoms with Gasteiger partial charge in [0, 0.05) is 25.7 Å². The van der Waals surface area contributed by atoms with Gasteiger partial charge < -0.3 is 19.5 Å². The van der Waals surface area contributed by atoms with Crippen molar-refractivity contribution in [2.75, 3.05) is 26.2 Å². The van der Waals surface area contributed by atoms with Gasteiger partial charge in [0.15, 0.2) is 11.6 Å². The van der Waals surface area contributed by atoms with E-state index >= 15 is 0 Å². The summed E-state index contributed by atoms with van der Waals surface area (Å²) in [5.41, 5.74) is -0.263. The number of β-amino-alcohol motifs (C(OH)–C–C–N with tert-alkyl or cyclic N) is 1. The molecule has 1 unspecified atom stereocenters. The summed E-state index contributed by atoms with van der Waals surface area (Å²) in [7, 11) is 0. The van der Waals surface area contributed by atoms with Gasteiger partial charge in [-0.1, -0.05) is 0 Å². The number of halogens is 2. The average molecular weight is 343 g/mol. The fourth-order valence-corrected chi connectivity index (χ4v) is 2.66. The Morgan fingerprint density at radius 2 is 1.92 bits per heavy atom. The van der Waals surface area contributed by atoms with E-state index < -0.39 is 17.7 Å². The second kappa shape index (κ2) is 8.23. The zero-order valence-corrected chi connectivity index (χ0v) is 14.6. The van der Waals surface area contributed by atoms with Crippen LogP contribution in [0.1, 0.15) is 33.6 Å². The molecular formula is C18H27F2NO3. The molecule has 1 heterocycles. The van der Waals surface area contributed by atoms with Gasteiger partial charge in [0.05, 0.1) is 18.3 Å². The number of aliphatic hydroxyl groups excluding tert-OH is 1. The Labute approximate surface area is 142 Å². The molecule has 0 radical (unpaired) electrons. The third-order valence-electron chi connectivity index (χ3n) is 3.90. The highest BCUT2D eigenvalue weighted by molar-refractivity contribution is 5.25. The number of benzene rings is 1. The summed E-state index contributed by atoms with van der Waals surface area (Å²) in [5.74, 6) is -1.19. The molecule has 1 aliphatic heterocycles. The van der Waals surface area contributed by atoms with Gasteiger partial charge in [-0.3, -0.25) is 0 Å². The zero-order chi connectivity index (χ0) is 17.7. The molecule has 6 heteroatoms. The van der Waals surface area contributed by atoms with Crippen molar-refractivity contribution < 1.29 is 23.4 Å². The van der Waals surface area contributed by atoms with Gasteiger partial charge in [-0.05, 0) is 45.7 Å². The molecule has 0 spiro atoms. The molecule has 1 N–H and O–H groups in total. The van der Waals surface area contributed by atoms with E-state index in [1.807, 2.05) is 20.8 Å². The molecule has 1 aliphatic rings. The first kappa shape index (κ1) is 19.1. The van der Waals surface area contributed by atoms with Crippen molar-refractivity contribution in [1.82, 2.24) is 4.90 Å². The summed E-state index contributed by atoms with van der Waals surface area (Å²) >= 11 is 0. The molecule has 0 aliphatic carbocycles. The monoisotopic (exact) mass is 343 g/mol. The summed E-state index contributed by atoms with van der Waals surface area (Å²) < 4.78 is 37.7. The zero-order valence-electron chi connectivity index (χ0n) is 14.6. The summed E-state index contributed by atoms with van der Waals surface area (Å²) in [5, 5.41) is 10.0. The number of aliphatic hydroxyl groups is 1. The first-order chi connectivity index (χ1) is 11.2. The lowest BCUT2D eigenvalue weighted by molar-refractivity contribution is -0.0588. The van der Waals surface area contributed by atoms with Crippen LogP contribution in [-0.2, 0) is 4.74 Å². The second-order valence-electron chi connectivity index (χ2n) is 7.27. The van der Waals surface area contributed by atoms with E-state index in [4.69, 9.17) is 9.47 Å². The smallest absolute Gasteiger partial charge is 0.167 e. The van der Waals surface area contributed by atoms with Crippen molar-refractivity contribution in [1.29, 1.82) is 0 Å². The Kier molecular flexibility index (Phi) is 6.54. The van der Waals surface area contributed by atoms with Crippen molar-refractivity contribution in [3.05, 3.63) is 29.8 Å². The normalized spacial score (nSPS) is 18.6. The van der Waals surface area contributed by atoms with E-state index in [-0.39, 0.29) is 17.5 Å². The number of ether oxygens (including phenoxy) is 2. The molecule has 1 atom stereocenters. The molecule has 0 aromatic heterocycles. The van der Waals surface area contributed by atoms with Crippen molar-refractivity contribution in [2.45, 2.75) is 51.4 Å². The molecule has 2 rings (SSSR count). The Hall–Kier alpha value is -1.24. The molecule has 24 heavy (non-hydrogen) atoms. The molecule has 0 amide bonds. The molecule has 0 saturated carbocycles. The largest absolute Gasteiger partial charge is 0.487 e. The van der Waals surface area contributed by atoms with Crippen LogP contribution in [0.2, 0.25) is 0 Å². The van der Waals surface area contributed by atoms with Crippen LogP contribution in [0.3, 0.4) is 0 Å². The molecule has 1 aromatic rings. The molecule has 0 bridgehead atoms. The van der Waals surface area contributed by atoms with Crippen LogP contribution in [-0.4, -0.2) is 54.1 Å². The first-order valence-corrected chi connectivity index (χ1v) is 8.39. The summed E-state index contributed by atoms with van der Waals surface area (Å²) in [6.45, 7) is 8.25. The number of hydrogen-bond donors (Lipinski definition) is 1. The van der Waals surface area contributed by atoms with Gasteiger partial charge in [0.2, 0.25) is 0 Å². The van der Waals surface area contributed by atoms with Crippen LogP contribution in [0.25, 0.3) is 0 Å². The van der Waals surface area contributed by atoms with E-state index in [0.29, 0.717) is 13.2 Å². The van der Waals surface area contributed by atoms with E-state index in [0.717, 1.165) is 32.0 Å². The third kappa shape index (κ3) is 6.34. The predicted molar refractivity (Wildman–Crippen MR) is 88.2 cm³/mol. The molecule has 4 nitrogen and oxygen atoms in total. The van der Waals surface area contributed by atoms with Crippen molar-refractivity contribution in [2.24, 2.45) is 0 Å². The summed E-state index contributed by atoms with van der Waals surface area (Å²) in [6, 6.07) is 3.35. The van der Waals surface area contributed by atoms with Crippen molar-refractivity contribution in [3.63, 3.8) is 0 Å². The van der Waals surface area contributed by atoms with Crippen LogP contribution >= 0.6 is 0 Å². The van der Waals surface area contributed by atoms with Gasteiger partial charge in [-0.2, -0.15) is 0 Å². The van der Waals surface area contributed by atoms with E-state index in [9.17, 15) is 13.9 Å². The standard InChI is InChI=1S/C18H27F2NO3/c1-18(2,3)23-12-14(22)11-21-8-6-15(7-9-21)24-17-5-4-13(19)10-16(17)20/h4-5,10,14-15,22H,6-9,11-12H2,1-3H3. The Bertz CT molecular complexity index is 525. The number of piperidine rings is 1. The van der Waals surface area contributed by atoms with Crippen LogP contribution in [0.4, 0.5) is 8.78 Å². The second-order valence-corrected chi connectivity index (χ2v) is 7.27. The highest BCUT2D eigenvalue weighted by Crippen LogP contribution is 2.23. The van der Waals surface area contributed by atoms with Gasteiger partial charge in [0.1, 0.15) is 11.9 Å². The van der Waals surface area contributed by atoms with Crippen LogP contribution < -0.4 is 4.74 Å². The predicted octanol–water partition coefficient (Wildman–Crippen LogP) is 2.98. The van der Waals surface area contributed by atoms with Gasteiger partial charge >= 0.3 is 0 Å². The molecule has 1 fully saturated rings. The van der Waals surface area contributed by atoms with E-state index in [1.165, 1.54) is 12.1 Å². The van der Waals surface area contributed by atoms with Gasteiger partial charge in [0.25, 0.3) is 0 Å². The van der Waals surface area contributed by atoms with Gasteiger partial charge in [-0.15, -0.1) is 0 Å². The van der Waals surface area contributed by atoms with Gasteiger partial charge in [-0.25, -0.2) is 8.78 Å². The topological polar surface area (TPSA) is 41.9 Å². The van der Waals surface area contributed by atoms with Crippen LogP contribution in [0.5, 0.6) is 5.75 Å². The number of likely N-dealkylation sites (tertiary alicyclic amines) is 1. The molecular weight excluding hydrogens is 316 g/mol. The lowest BCUT2D eigenvalue weighted by Gasteiger charge is -2.33. The quantitative estimate of drug-likeness (QED) is 0.862. The SMILES string of the molecule is CC(C)(C)OCC(O)CN1CCC(Oc2ccc(F)cc2F)CC1. The minimum Gasteiger partial charge on any atom is -0.487 e. The van der Waals surface area contributed by atoms with Crippen molar-refractivity contribution >= 4 is 0 Å². The number of rotatable bonds is 6. The molecule has 136 valence electrons. The first-order valence-electron chi connectivity index (χ1n) is 8.39. The van der Waals surface area contributed by atoms with E-state index in [1.54, 1.807) is 0 Å².